The maximum Gasteiger partial charge on any atom is 0.137 e. The van der Waals surface area contributed by atoms with Crippen molar-refractivity contribution in [2.24, 2.45) is 0 Å². The van der Waals surface area contributed by atoms with Crippen molar-refractivity contribution in [3.05, 3.63) is 35.2 Å². The lowest BCUT2D eigenvalue weighted by molar-refractivity contribution is 0.0409. The summed E-state index contributed by atoms with van der Waals surface area (Å²) >= 11 is 0. The minimum absolute atomic E-state index is 0.0985. The van der Waals surface area contributed by atoms with E-state index in [4.69, 9.17) is 27.8 Å². The molecule has 6 nitrogen and oxygen atoms in total. The van der Waals surface area contributed by atoms with Crippen molar-refractivity contribution in [1.29, 1.82) is 0 Å². The quantitative estimate of drug-likeness (QED) is 0.381. The number of furan rings is 2. The minimum Gasteiger partial charge on any atom is -0.460 e. The zero-order valence-electron chi connectivity index (χ0n) is 19.7. The van der Waals surface area contributed by atoms with Crippen LogP contribution in [0.4, 0.5) is 0 Å². The van der Waals surface area contributed by atoms with Gasteiger partial charge in [-0.05, 0) is 67.5 Å². The fraction of sp³-hybridized carbons (Fsp3) is 0.667. The van der Waals surface area contributed by atoms with Crippen molar-refractivity contribution in [3.63, 3.8) is 0 Å². The maximum atomic E-state index is 6.09. The number of ether oxygens (including phenoxy) is 4. The Morgan fingerprint density at radius 1 is 0.533 bits per heavy atom. The molecule has 2 aromatic rings. The van der Waals surface area contributed by atoms with Crippen LogP contribution in [0.15, 0.2) is 21.0 Å². The van der Waals surface area contributed by atoms with Crippen molar-refractivity contribution < 1.29 is 27.8 Å². The molecule has 0 amide bonds. The van der Waals surface area contributed by atoms with Gasteiger partial charge in [0.15, 0.2) is 0 Å². The molecule has 0 fully saturated rings. The summed E-state index contributed by atoms with van der Waals surface area (Å²) < 4.78 is 35.3. The summed E-state index contributed by atoms with van der Waals surface area (Å²) in [5.74, 6) is 3.04. The highest BCUT2D eigenvalue weighted by Gasteiger charge is 2.21. The van der Waals surface area contributed by atoms with E-state index < -0.39 is 0 Å². The molecule has 0 aliphatic rings. The fourth-order valence-corrected chi connectivity index (χ4v) is 2.76. The van der Waals surface area contributed by atoms with Gasteiger partial charge >= 0.3 is 0 Å². The topological polar surface area (TPSA) is 63.2 Å². The number of hydrogen-bond donors (Lipinski definition) is 0. The first-order valence-electron chi connectivity index (χ1n) is 10.9. The summed E-state index contributed by atoms with van der Waals surface area (Å²) in [6, 6.07) is 4.02. The normalized spacial score (nSPS) is 12.3. The monoisotopic (exact) mass is 422 g/mol. The van der Waals surface area contributed by atoms with Crippen molar-refractivity contribution in [3.8, 4) is 11.1 Å². The molecule has 0 unspecified atom stereocenters. The van der Waals surface area contributed by atoms with Crippen LogP contribution in [-0.4, -0.2) is 24.4 Å². The Bertz CT molecular complexity index is 690. The van der Waals surface area contributed by atoms with E-state index in [9.17, 15) is 0 Å². The van der Waals surface area contributed by atoms with Crippen LogP contribution in [-0.2, 0) is 45.4 Å². The van der Waals surface area contributed by atoms with Crippen molar-refractivity contribution in [2.75, 3.05) is 0 Å². The summed E-state index contributed by atoms with van der Waals surface area (Å²) in [7, 11) is 0. The molecule has 0 saturated carbocycles. The second-order valence-electron chi connectivity index (χ2n) is 8.54. The van der Waals surface area contributed by atoms with E-state index in [1.54, 1.807) is 0 Å². The standard InChI is InChI=1S/C24H38O6/c1-15(2)25-11-19-9-21(23(29-19)13-27-17(5)6)22-10-20(12-26-16(3)4)30-24(22)14-28-18(7)8/h9-10,15-18H,11-14H2,1-8H3. The molecule has 0 spiro atoms. The highest BCUT2D eigenvalue weighted by Crippen LogP contribution is 2.34. The van der Waals surface area contributed by atoms with Gasteiger partial charge in [-0.2, -0.15) is 0 Å². The first kappa shape index (κ1) is 24.7. The molecule has 0 radical (unpaired) electrons. The van der Waals surface area contributed by atoms with Gasteiger partial charge in [-0.25, -0.2) is 0 Å². The summed E-state index contributed by atoms with van der Waals surface area (Å²) in [6.45, 7) is 17.6. The third-order valence-electron chi connectivity index (χ3n) is 4.22. The summed E-state index contributed by atoms with van der Waals surface area (Å²) in [6.07, 6.45) is 0.443. The van der Waals surface area contributed by atoms with Crippen LogP contribution in [0.2, 0.25) is 0 Å². The van der Waals surface area contributed by atoms with E-state index >= 15 is 0 Å². The zero-order valence-corrected chi connectivity index (χ0v) is 19.7. The molecule has 0 N–H and O–H groups in total. The van der Waals surface area contributed by atoms with E-state index in [-0.39, 0.29) is 24.4 Å². The third kappa shape index (κ3) is 7.91. The van der Waals surface area contributed by atoms with E-state index in [0.717, 1.165) is 34.2 Å². The molecule has 2 rings (SSSR count). The minimum atomic E-state index is 0.0985. The predicted molar refractivity (Wildman–Crippen MR) is 116 cm³/mol. The van der Waals surface area contributed by atoms with Gasteiger partial charge in [0.1, 0.15) is 49.5 Å². The van der Waals surface area contributed by atoms with Gasteiger partial charge in [-0.15, -0.1) is 0 Å². The van der Waals surface area contributed by atoms with E-state index in [1.807, 2.05) is 67.5 Å². The molecular formula is C24H38O6. The van der Waals surface area contributed by atoms with E-state index in [0.29, 0.717) is 26.4 Å². The first-order valence-corrected chi connectivity index (χ1v) is 10.9. The molecule has 0 aliphatic carbocycles. The smallest absolute Gasteiger partial charge is 0.137 e. The highest BCUT2D eigenvalue weighted by atomic mass is 16.5. The average molecular weight is 423 g/mol. The zero-order chi connectivity index (χ0) is 22.3. The Hall–Kier alpha value is -1.60. The molecular weight excluding hydrogens is 384 g/mol. The molecule has 0 aromatic carbocycles. The van der Waals surface area contributed by atoms with E-state index in [2.05, 4.69) is 0 Å². The van der Waals surface area contributed by atoms with Crippen molar-refractivity contribution >= 4 is 0 Å². The van der Waals surface area contributed by atoms with Gasteiger partial charge in [-0.3, -0.25) is 0 Å². The lowest BCUT2D eigenvalue weighted by atomic mass is 10.1. The van der Waals surface area contributed by atoms with Gasteiger partial charge in [0, 0.05) is 11.1 Å². The van der Waals surface area contributed by atoms with Crippen LogP contribution in [0.1, 0.15) is 78.4 Å². The SMILES string of the molecule is CC(C)OCc1cc(-c2cc(COC(C)C)oc2COC(C)C)c(COC(C)C)o1. The first-order chi connectivity index (χ1) is 14.2. The van der Waals surface area contributed by atoms with Gasteiger partial charge in [-0.1, -0.05) is 0 Å². The molecule has 6 heteroatoms. The Morgan fingerprint density at radius 3 is 1.13 bits per heavy atom. The van der Waals surface area contributed by atoms with E-state index in [1.165, 1.54) is 0 Å². The Labute approximate surface area is 180 Å². The van der Waals surface area contributed by atoms with Crippen LogP contribution < -0.4 is 0 Å². The second kappa shape index (κ2) is 11.7. The van der Waals surface area contributed by atoms with Crippen LogP contribution in [0, 0.1) is 0 Å². The summed E-state index contributed by atoms with van der Waals surface area (Å²) in [5.41, 5.74) is 1.89. The Balaban J connectivity index is 2.38. The largest absolute Gasteiger partial charge is 0.460 e. The predicted octanol–water partition coefficient (Wildman–Crippen LogP) is 6.24. The van der Waals surface area contributed by atoms with Gasteiger partial charge in [0.2, 0.25) is 0 Å². The van der Waals surface area contributed by atoms with Crippen LogP contribution >= 0.6 is 0 Å². The van der Waals surface area contributed by atoms with Crippen LogP contribution in [0.25, 0.3) is 11.1 Å². The highest BCUT2D eigenvalue weighted by molar-refractivity contribution is 5.68. The lowest BCUT2D eigenvalue weighted by Crippen LogP contribution is -2.03. The average Bonchev–Trinajstić information content (AvgIpc) is 3.24. The fourth-order valence-electron chi connectivity index (χ4n) is 2.76. The van der Waals surface area contributed by atoms with Crippen LogP contribution in [0.5, 0.6) is 0 Å². The lowest BCUT2D eigenvalue weighted by Gasteiger charge is -2.09. The second-order valence-corrected chi connectivity index (χ2v) is 8.54. The molecule has 30 heavy (non-hydrogen) atoms. The molecule has 170 valence electrons. The molecule has 0 saturated heterocycles. The van der Waals surface area contributed by atoms with Gasteiger partial charge in [0.25, 0.3) is 0 Å². The number of hydrogen-bond acceptors (Lipinski definition) is 6. The number of rotatable bonds is 13. The molecule has 0 bridgehead atoms. The summed E-state index contributed by atoms with van der Waals surface area (Å²) in [4.78, 5) is 0. The third-order valence-corrected chi connectivity index (χ3v) is 4.22. The molecule has 0 atom stereocenters. The Morgan fingerprint density at radius 2 is 0.833 bits per heavy atom. The van der Waals surface area contributed by atoms with Gasteiger partial charge in [0.05, 0.1) is 24.4 Å². The maximum absolute atomic E-state index is 6.09. The van der Waals surface area contributed by atoms with Gasteiger partial charge < -0.3 is 27.8 Å². The molecule has 0 aliphatic heterocycles. The molecule has 2 heterocycles. The summed E-state index contributed by atoms with van der Waals surface area (Å²) in [5, 5.41) is 0. The van der Waals surface area contributed by atoms with Crippen molar-refractivity contribution in [1.82, 2.24) is 0 Å². The molecule has 2 aromatic heterocycles. The van der Waals surface area contributed by atoms with Crippen LogP contribution in [0.3, 0.4) is 0 Å². The Kier molecular flexibility index (Phi) is 9.62. The van der Waals surface area contributed by atoms with Crippen molar-refractivity contribution in [2.45, 2.75) is 106 Å².